The summed E-state index contributed by atoms with van der Waals surface area (Å²) in [7, 11) is -4.41. The number of ether oxygens (including phenoxy) is 1. The monoisotopic (exact) mass is 559 g/mol. The molecule has 1 aliphatic rings. The van der Waals surface area contributed by atoms with Crippen LogP contribution < -0.4 is 10.1 Å². The molecule has 1 saturated heterocycles. The lowest BCUT2D eigenvalue weighted by molar-refractivity contribution is -0.140. The molecular weight excluding hydrogens is 533 g/mol. The predicted molar refractivity (Wildman–Crippen MR) is 139 cm³/mol. The smallest absolute Gasteiger partial charge is 0.262 e. The van der Waals surface area contributed by atoms with Crippen LogP contribution in [-0.4, -0.2) is 74.1 Å². The Morgan fingerprint density at radius 3 is 2.21 bits per heavy atom. The van der Waals surface area contributed by atoms with Crippen molar-refractivity contribution in [1.82, 2.24) is 15.1 Å². The summed E-state index contributed by atoms with van der Waals surface area (Å²) in [5, 5.41) is 2.07. The first-order chi connectivity index (χ1) is 18.1. The Kier molecular flexibility index (Phi) is 8.42. The van der Waals surface area contributed by atoms with Gasteiger partial charge < -0.3 is 19.9 Å². The molecule has 1 fully saturated rings. The van der Waals surface area contributed by atoms with Crippen molar-refractivity contribution in [3.05, 3.63) is 82.3 Å². The summed E-state index contributed by atoms with van der Waals surface area (Å²) in [5.41, 5.74) is 1.07. The highest BCUT2D eigenvalue weighted by molar-refractivity contribution is 7.92. The number of carbonyl (C=O) groups is 3. The van der Waals surface area contributed by atoms with Crippen molar-refractivity contribution in [3.63, 3.8) is 0 Å². The van der Waals surface area contributed by atoms with Gasteiger partial charge in [0.2, 0.25) is 15.2 Å². The van der Waals surface area contributed by atoms with Crippen molar-refractivity contribution in [3.8, 4) is 5.75 Å². The number of nitrogens with zero attached hydrogens (tertiary/aromatic N) is 2. The fourth-order valence-corrected chi connectivity index (χ4v) is 5.93. The highest BCUT2D eigenvalue weighted by Crippen LogP contribution is 2.20. The SMILES string of the molecule is Cc1ccc(OCC(=O)N2CCN(C(=O)[C@@H](NC(=O)c3cccs3)S(=O)(=O)c3ccc(F)cc3)CC2)cc1. The van der Waals surface area contributed by atoms with Gasteiger partial charge >= 0.3 is 0 Å². The van der Waals surface area contributed by atoms with Crippen LogP contribution in [0, 0.1) is 12.7 Å². The molecule has 1 N–H and O–H groups in total. The number of sulfone groups is 1. The van der Waals surface area contributed by atoms with Crippen LogP contribution in [0.2, 0.25) is 0 Å². The first-order valence-electron chi connectivity index (χ1n) is 11.7. The fraction of sp³-hybridized carbons (Fsp3) is 0.269. The van der Waals surface area contributed by atoms with E-state index in [0.717, 1.165) is 41.2 Å². The molecule has 3 amide bonds. The van der Waals surface area contributed by atoms with Gasteiger partial charge in [-0.05, 0) is 54.8 Å². The average molecular weight is 560 g/mol. The number of hydrogen-bond donors (Lipinski definition) is 1. The molecule has 0 bridgehead atoms. The number of rotatable bonds is 8. The first-order valence-corrected chi connectivity index (χ1v) is 14.2. The van der Waals surface area contributed by atoms with E-state index in [2.05, 4.69) is 5.32 Å². The first kappa shape index (κ1) is 27.3. The summed E-state index contributed by atoms with van der Waals surface area (Å²) in [6.45, 7) is 2.25. The maximum absolute atomic E-state index is 13.4. The van der Waals surface area contributed by atoms with E-state index < -0.39 is 32.8 Å². The molecular formula is C26H26FN3O6S2. The quantitative estimate of drug-likeness (QED) is 0.425. The van der Waals surface area contributed by atoms with Crippen molar-refractivity contribution in [2.45, 2.75) is 17.2 Å². The zero-order valence-electron chi connectivity index (χ0n) is 20.5. The summed E-state index contributed by atoms with van der Waals surface area (Å²) in [4.78, 5) is 41.5. The Labute approximate surface area is 223 Å². The lowest BCUT2D eigenvalue weighted by Gasteiger charge is -2.36. The molecule has 0 saturated carbocycles. The van der Waals surface area contributed by atoms with Crippen LogP contribution in [0.1, 0.15) is 15.2 Å². The van der Waals surface area contributed by atoms with Gasteiger partial charge in [0.1, 0.15) is 11.6 Å². The molecule has 0 radical (unpaired) electrons. The maximum Gasteiger partial charge on any atom is 0.262 e. The summed E-state index contributed by atoms with van der Waals surface area (Å²) in [6, 6.07) is 14.5. The van der Waals surface area contributed by atoms with Crippen LogP contribution in [0.15, 0.2) is 70.9 Å². The van der Waals surface area contributed by atoms with E-state index in [0.29, 0.717) is 5.75 Å². The van der Waals surface area contributed by atoms with Crippen molar-refractivity contribution in [2.75, 3.05) is 32.8 Å². The zero-order chi connectivity index (χ0) is 27.3. The molecule has 2 heterocycles. The van der Waals surface area contributed by atoms with Crippen LogP contribution in [-0.2, 0) is 19.4 Å². The summed E-state index contributed by atoms with van der Waals surface area (Å²) in [6.07, 6.45) is 0. The number of halogens is 1. The summed E-state index contributed by atoms with van der Waals surface area (Å²) < 4.78 is 45.7. The van der Waals surface area contributed by atoms with Gasteiger partial charge in [-0.25, -0.2) is 12.8 Å². The Morgan fingerprint density at radius 2 is 1.61 bits per heavy atom. The topological polar surface area (TPSA) is 113 Å². The van der Waals surface area contributed by atoms with Gasteiger partial charge in [0, 0.05) is 26.2 Å². The molecule has 38 heavy (non-hydrogen) atoms. The largest absolute Gasteiger partial charge is 0.484 e. The lowest BCUT2D eigenvalue weighted by atomic mass is 10.2. The Morgan fingerprint density at radius 1 is 0.974 bits per heavy atom. The second-order valence-electron chi connectivity index (χ2n) is 8.64. The Hall–Kier alpha value is -3.77. The second kappa shape index (κ2) is 11.7. The number of hydrogen-bond acceptors (Lipinski definition) is 7. The second-order valence-corrected chi connectivity index (χ2v) is 11.6. The van der Waals surface area contributed by atoms with E-state index in [1.54, 1.807) is 23.6 Å². The maximum atomic E-state index is 13.4. The van der Waals surface area contributed by atoms with Crippen LogP contribution in [0.3, 0.4) is 0 Å². The van der Waals surface area contributed by atoms with Crippen LogP contribution in [0.5, 0.6) is 5.75 Å². The van der Waals surface area contributed by atoms with E-state index in [9.17, 15) is 27.2 Å². The zero-order valence-corrected chi connectivity index (χ0v) is 22.1. The van der Waals surface area contributed by atoms with Crippen molar-refractivity contribution < 1.29 is 31.9 Å². The minimum Gasteiger partial charge on any atom is -0.484 e. The highest BCUT2D eigenvalue weighted by atomic mass is 32.2. The third kappa shape index (κ3) is 6.37. The average Bonchev–Trinajstić information content (AvgIpc) is 3.46. The van der Waals surface area contributed by atoms with Gasteiger partial charge in [-0.1, -0.05) is 23.8 Å². The predicted octanol–water partition coefficient (Wildman–Crippen LogP) is 2.48. The molecule has 1 aromatic heterocycles. The summed E-state index contributed by atoms with van der Waals surface area (Å²) >= 11 is 1.10. The number of nitrogens with one attached hydrogen (secondary N) is 1. The molecule has 1 aliphatic heterocycles. The molecule has 4 rings (SSSR count). The number of piperazine rings is 1. The van der Waals surface area contributed by atoms with E-state index in [1.807, 2.05) is 19.1 Å². The fourth-order valence-electron chi connectivity index (χ4n) is 3.84. The van der Waals surface area contributed by atoms with Crippen LogP contribution in [0.25, 0.3) is 0 Å². The molecule has 2 aromatic carbocycles. The Balaban J connectivity index is 1.44. The van der Waals surface area contributed by atoms with E-state index in [1.165, 1.54) is 15.9 Å². The molecule has 200 valence electrons. The van der Waals surface area contributed by atoms with E-state index in [4.69, 9.17) is 4.74 Å². The number of carbonyl (C=O) groups excluding carboxylic acids is 3. The Bertz CT molecular complexity index is 1390. The van der Waals surface area contributed by atoms with Gasteiger partial charge in [0.15, 0.2) is 6.61 Å². The van der Waals surface area contributed by atoms with Gasteiger partial charge in [-0.2, -0.15) is 0 Å². The molecule has 3 aromatic rings. The van der Waals surface area contributed by atoms with Crippen LogP contribution >= 0.6 is 11.3 Å². The highest BCUT2D eigenvalue weighted by Gasteiger charge is 2.39. The minimum absolute atomic E-state index is 0.0689. The van der Waals surface area contributed by atoms with Gasteiger partial charge in [0.05, 0.1) is 9.77 Å². The van der Waals surface area contributed by atoms with Crippen LogP contribution in [0.4, 0.5) is 4.39 Å². The number of thiophene rings is 1. The molecule has 0 aliphatic carbocycles. The van der Waals surface area contributed by atoms with Gasteiger partial charge in [-0.15, -0.1) is 11.3 Å². The van der Waals surface area contributed by atoms with Crippen molar-refractivity contribution >= 4 is 38.9 Å². The third-order valence-corrected chi connectivity index (χ3v) is 8.75. The molecule has 0 unspecified atom stereocenters. The lowest BCUT2D eigenvalue weighted by Crippen LogP contribution is -2.58. The van der Waals surface area contributed by atoms with E-state index >= 15 is 0 Å². The number of benzene rings is 2. The number of amides is 3. The molecule has 1 atom stereocenters. The van der Waals surface area contributed by atoms with E-state index in [-0.39, 0.29) is 48.5 Å². The normalized spacial score (nSPS) is 14.6. The number of aryl methyl sites for hydroxylation is 1. The van der Waals surface area contributed by atoms with Gasteiger partial charge in [-0.3, -0.25) is 14.4 Å². The van der Waals surface area contributed by atoms with Gasteiger partial charge in [0.25, 0.3) is 17.7 Å². The standard InChI is InChI=1S/C26H26FN3O6S2/c1-18-4-8-20(9-5-18)36-17-23(31)29-12-14-30(15-13-29)26(33)25(28-24(32)22-3-2-16-37-22)38(34,35)21-10-6-19(27)7-11-21/h2-11,16,25H,12-15,17H2,1H3,(H,28,32)/t25-/m0/s1. The van der Waals surface area contributed by atoms with Crippen molar-refractivity contribution in [2.24, 2.45) is 0 Å². The third-order valence-electron chi connectivity index (χ3n) is 6.01. The molecule has 12 heteroatoms. The van der Waals surface area contributed by atoms with Crippen molar-refractivity contribution in [1.29, 1.82) is 0 Å². The summed E-state index contributed by atoms with van der Waals surface area (Å²) in [5.74, 6) is -1.89. The minimum atomic E-state index is -4.41. The molecule has 0 spiro atoms. The molecule has 9 nitrogen and oxygen atoms in total.